The van der Waals surface area contributed by atoms with E-state index in [-0.39, 0.29) is 71.5 Å². The first-order chi connectivity index (χ1) is 41.3. The van der Waals surface area contributed by atoms with Crippen molar-refractivity contribution in [3.63, 3.8) is 0 Å². The zero-order valence-corrected chi connectivity index (χ0v) is 50.4. The molecule has 0 spiro atoms. The summed E-state index contributed by atoms with van der Waals surface area (Å²) in [6.45, 7) is 20.3. The molecule has 1 aliphatic rings. The molecule has 0 amide bonds. The van der Waals surface area contributed by atoms with Crippen molar-refractivity contribution in [3.05, 3.63) is 180 Å². The molecule has 0 atom stereocenters. The Morgan fingerprint density at radius 3 is 1.06 bits per heavy atom. The summed E-state index contributed by atoms with van der Waals surface area (Å²) in [7, 11) is 4.94. The lowest BCUT2D eigenvalue weighted by Gasteiger charge is -2.09. The molecule has 7 N–H and O–H groups in total. The Kier molecular flexibility index (Phi) is 44.1. The van der Waals surface area contributed by atoms with Crippen LogP contribution in [-0.4, -0.2) is 142 Å². The second kappa shape index (κ2) is 47.6. The van der Waals surface area contributed by atoms with Crippen LogP contribution in [0.15, 0.2) is 158 Å². The highest BCUT2D eigenvalue weighted by molar-refractivity contribution is 6.05. The molecule has 1 heterocycles. The first-order valence-corrected chi connectivity index (χ1v) is 25.7. The van der Waals surface area contributed by atoms with Crippen LogP contribution >= 0.6 is 0 Å². The molecular formula is C64H76O24. The third kappa shape index (κ3) is 45.8. The fourth-order valence-corrected chi connectivity index (χ4v) is 5.01. The number of methoxy groups -OCH3 is 3. The van der Waals surface area contributed by atoms with Crippen LogP contribution < -0.4 is 4.74 Å². The smallest absolute Gasteiger partial charge is 0.341 e. The number of hydrogen-bond donors (Lipinski definition) is 7. The molecule has 0 saturated carbocycles. The minimum Gasteiger partial charge on any atom is -0.508 e. The van der Waals surface area contributed by atoms with Crippen LogP contribution in [0, 0.1) is 0 Å². The molecule has 1 aliphatic heterocycles. The topological polar surface area (TPSA) is 377 Å². The number of esters is 8. The van der Waals surface area contributed by atoms with E-state index in [0.29, 0.717) is 5.75 Å². The normalized spacial score (nSPS) is 10.8. The quantitative estimate of drug-likeness (QED) is 0.0172. The average molecular weight is 1230 g/mol. The molecule has 0 unspecified atom stereocenters. The zero-order chi connectivity index (χ0) is 67.9. The number of rotatable bonds is 17. The van der Waals surface area contributed by atoms with E-state index in [9.17, 15) is 47.9 Å². The minimum absolute atomic E-state index is 0.00955. The van der Waals surface area contributed by atoms with Crippen molar-refractivity contribution in [2.45, 2.75) is 79.1 Å². The fourth-order valence-electron chi connectivity index (χ4n) is 5.01. The lowest BCUT2D eigenvalue weighted by molar-refractivity contribution is -0.151. The Hall–Kier alpha value is -10.7. The van der Waals surface area contributed by atoms with Crippen LogP contribution in [0.1, 0.15) is 83.1 Å². The summed E-state index contributed by atoms with van der Waals surface area (Å²) >= 11 is 0. The maximum atomic E-state index is 11.9. The highest BCUT2D eigenvalue weighted by atomic mass is 16.6. The van der Waals surface area contributed by atoms with E-state index in [2.05, 4.69) is 38.7 Å². The third-order valence-electron chi connectivity index (χ3n) is 8.92. The second-order valence-corrected chi connectivity index (χ2v) is 17.6. The maximum Gasteiger partial charge on any atom is 0.341 e. The highest BCUT2D eigenvalue weighted by Crippen LogP contribution is 2.17. The summed E-state index contributed by atoms with van der Waals surface area (Å²) < 4.78 is 32.2. The van der Waals surface area contributed by atoms with Crippen molar-refractivity contribution >= 4 is 84.0 Å². The van der Waals surface area contributed by atoms with Crippen molar-refractivity contribution in [2.24, 2.45) is 0 Å². The number of ether oxygens (including phenoxy) is 7. The molecule has 5 rings (SSSR count). The number of aliphatic carboxylic acids is 2. The Bertz CT molecular complexity index is 2910. The number of cyclic esters (lactones) is 2. The average Bonchev–Trinajstić information content (AvgIpc) is 3.77. The van der Waals surface area contributed by atoms with E-state index in [0.717, 1.165) is 35.4 Å². The molecule has 1 saturated heterocycles. The van der Waals surface area contributed by atoms with Gasteiger partial charge in [-0.3, -0.25) is 14.4 Å². The molecule has 4 aromatic carbocycles. The van der Waals surface area contributed by atoms with Gasteiger partial charge in [0, 0.05) is 54.2 Å². The van der Waals surface area contributed by atoms with Gasteiger partial charge in [-0.05, 0) is 137 Å². The molecule has 1 fully saturated rings. The molecule has 24 heteroatoms. The van der Waals surface area contributed by atoms with Gasteiger partial charge in [-0.1, -0.05) is 68.3 Å². The van der Waals surface area contributed by atoms with Crippen molar-refractivity contribution in [3.8, 4) is 23.0 Å². The number of aliphatic hydroxyl groups excluding tert-OH is 2. The van der Waals surface area contributed by atoms with Crippen LogP contribution in [0.3, 0.4) is 0 Å². The van der Waals surface area contributed by atoms with Crippen molar-refractivity contribution in [1.82, 2.24) is 0 Å². The van der Waals surface area contributed by atoms with Gasteiger partial charge >= 0.3 is 59.7 Å². The number of aliphatic hydroxyl groups is 2. The summed E-state index contributed by atoms with van der Waals surface area (Å²) in [6.07, 6.45) is 10.2. The lowest BCUT2D eigenvalue weighted by atomic mass is 10.2. The standard InChI is InChI=1S/C18H20O6.2C10H10O3.C9H8O3.C8H12O4.C5H4O3.C3H8O.CH4O/c1-12(2)23-17(20)11-13(3)18(21)24-15-8-5-14(6-9-15)7-10-16(19)22-4;2*1-13-10(12)7-4-8-2-5-9(11)6-3-8;10-8-4-1-7(2-5-8)3-6-9(11)12;1-5(2)12-7(9)4-6(3)8(10)11;1-3-2-4(6)8-5(3)7;1-3(2)4;1-2/h5-10,12H,3,11H2,1-2,4H3;2*2-7,11H,1H3;1-6,10H,(H,11,12);5H,3-4H2,1-2H3,(H,10,11);1-2H2;3-4H,1-2H3;2H,1H3/b10-7+;2*7-4+;6-3+;;;;. The SMILES string of the molecule is C=C(CC(=O)OC(C)C)C(=O)O.C=C(CC(=O)OC(C)C)C(=O)Oc1ccc(/C=C/C(=O)OC)cc1.C=C1CC(=O)OC1=O.CC(C)O.CO.COC(=O)/C=C/c1ccc(O)cc1.COC(=O)/C=C/c1ccc(O)cc1.O=C(O)/C=C/c1ccc(O)cc1. The van der Waals surface area contributed by atoms with Gasteiger partial charge in [0.2, 0.25) is 0 Å². The van der Waals surface area contributed by atoms with Crippen LogP contribution in [0.25, 0.3) is 24.3 Å². The number of aromatic hydroxyl groups is 3. The molecular weight excluding hydrogens is 1150 g/mol. The largest absolute Gasteiger partial charge is 0.508 e. The Balaban J connectivity index is -0.000000996. The van der Waals surface area contributed by atoms with E-state index in [1.165, 1.54) is 57.8 Å². The van der Waals surface area contributed by atoms with E-state index < -0.39 is 59.7 Å². The number of carboxylic acid groups (broad SMARTS) is 2. The van der Waals surface area contributed by atoms with E-state index in [4.69, 9.17) is 50.0 Å². The van der Waals surface area contributed by atoms with Crippen molar-refractivity contribution in [2.75, 3.05) is 28.4 Å². The molecule has 0 bridgehead atoms. The first kappa shape index (κ1) is 81.5. The summed E-state index contributed by atoms with van der Waals surface area (Å²) in [5, 5.41) is 58.5. The molecule has 0 aromatic heterocycles. The van der Waals surface area contributed by atoms with E-state index in [1.807, 2.05) is 0 Å². The summed E-state index contributed by atoms with van der Waals surface area (Å²) in [5.41, 5.74) is 3.26. The summed E-state index contributed by atoms with van der Waals surface area (Å²) in [6, 6.07) is 25.8. The van der Waals surface area contributed by atoms with Crippen molar-refractivity contribution in [1.29, 1.82) is 0 Å². The van der Waals surface area contributed by atoms with Gasteiger partial charge in [-0.15, -0.1) is 0 Å². The van der Waals surface area contributed by atoms with Gasteiger partial charge in [-0.2, -0.15) is 0 Å². The predicted octanol–water partition coefficient (Wildman–Crippen LogP) is 8.30. The van der Waals surface area contributed by atoms with Crippen LogP contribution in [0.4, 0.5) is 0 Å². The lowest BCUT2D eigenvalue weighted by Crippen LogP contribution is -2.17. The van der Waals surface area contributed by atoms with Crippen LogP contribution in [0.2, 0.25) is 0 Å². The van der Waals surface area contributed by atoms with Gasteiger partial charge < -0.3 is 68.9 Å². The number of phenolic OH excluding ortho intramolecular Hbond substituents is 3. The number of phenols is 3. The first-order valence-electron chi connectivity index (χ1n) is 25.7. The van der Waals surface area contributed by atoms with Crippen molar-refractivity contribution < 1.29 is 117 Å². The highest BCUT2D eigenvalue weighted by Gasteiger charge is 2.24. The van der Waals surface area contributed by atoms with E-state index >= 15 is 0 Å². The number of benzene rings is 4. The number of carboxylic acids is 2. The Labute approximate surface area is 509 Å². The Morgan fingerprint density at radius 2 is 0.818 bits per heavy atom. The van der Waals surface area contributed by atoms with Gasteiger partial charge in [0.25, 0.3) is 0 Å². The maximum absolute atomic E-state index is 11.9. The summed E-state index contributed by atoms with van der Waals surface area (Å²) in [4.78, 5) is 107. The third-order valence-corrected chi connectivity index (χ3v) is 8.92. The monoisotopic (exact) mass is 1230 g/mol. The van der Waals surface area contributed by atoms with Crippen LogP contribution in [-0.2, 0) is 76.4 Å². The van der Waals surface area contributed by atoms with Gasteiger partial charge in [-0.25, -0.2) is 33.6 Å². The second-order valence-electron chi connectivity index (χ2n) is 17.6. The molecule has 24 nitrogen and oxygen atoms in total. The number of carbonyl (C=O) groups excluding carboxylic acids is 8. The Morgan fingerprint density at radius 1 is 0.523 bits per heavy atom. The molecule has 476 valence electrons. The van der Waals surface area contributed by atoms with E-state index in [1.54, 1.807) is 145 Å². The molecule has 0 radical (unpaired) electrons. The van der Waals surface area contributed by atoms with Crippen LogP contribution in [0.5, 0.6) is 23.0 Å². The molecule has 4 aromatic rings. The zero-order valence-electron chi connectivity index (χ0n) is 50.4. The number of carbonyl (C=O) groups is 10. The molecule has 88 heavy (non-hydrogen) atoms. The van der Waals surface area contributed by atoms with Gasteiger partial charge in [0.1, 0.15) is 23.0 Å². The van der Waals surface area contributed by atoms with Gasteiger partial charge in [0.15, 0.2) is 0 Å². The minimum atomic E-state index is -1.17. The number of hydrogen-bond acceptors (Lipinski definition) is 22. The fraction of sp³-hybridized carbons (Fsp3) is 0.250. The predicted molar refractivity (Wildman–Crippen MR) is 324 cm³/mol. The van der Waals surface area contributed by atoms with Gasteiger partial charge in [0.05, 0.1) is 52.8 Å². The summed E-state index contributed by atoms with van der Waals surface area (Å²) in [5.74, 6) is -5.41. The molecule has 0 aliphatic carbocycles.